The van der Waals surface area contributed by atoms with E-state index in [4.69, 9.17) is 4.74 Å². The van der Waals surface area contributed by atoms with Gasteiger partial charge in [0.1, 0.15) is 5.70 Å². The van der Waals surface area contributed by atoms with Crippen LogP contribution in [0.4, 0.5) is 5.69 Å². The van der Waals surface area contributed by atoms with E-state index in [1.165, 1.54) is 5.01 Å². The summed E-state index contributed by atoms with van der Waals surface area (Å²) in [7, 11) is 3.41. The minimum atomic E-state index is -0.413. The van der Waals surface area contributed by atoms with Gasteiger partial charge >= 0.3 is 0 Å². The normalized spacial score (nSPS) is 13.3. The molecule has 10 nitrogen and oxygen atoms in total. The molecule has 0 bridgehead atoms. The van der Waals surface area contributed by atoms with Crippen molar-refractivity contribution < 1.29 is 14.3 Å². The van der Waals surface area contributed by atoms with Gasteiger partial charge in [-0.2, -0.15) is 10.2 Å². The van der Waals surface area contributed by atoms with Crippen LogP contribution in [0.1, 0.15) is 12.8 Å². The van der Waals surface area contributed by atoms with Gasteiger partial charge in [-0.15, -0.1) is 0 Å². The van der Waals surface area contributed by atoms with Crippen molar-refractivity contribution in [2.24, 2.45) is 12.1 Å². The van der Waals surface area contributed by atoms with Crippen molar-refractivity contribution in [3.63, 3.8) is 0 Å². The average molecular weight is 478 g/mol. The maximum absolute atomic E-state index is 12.7. The Morgan fingerprint density at radius 2 is 1.94 bits per heavy atom. The number of hydrogen-bond acceptors (Lipinski definition) is 7. The van der Waals surface area contributed by atoms with Crippen LogP contribution in [0.2, 0.25) is 0 Å². The molecule has 0 unspecified atom stereocenters. The first kappa shape index (κ1) is 25.6. The molecule has 2 aromatic rings. The van der Waals surface area contributed by atoms with Crippen LogP contribution >= 0.6 is 0 Å². The molecule has 1 N–H and O–H groups in total. The third-order valence-corrected chi connectivity index (χ3v) is 5.22. The van der Waals surface area contributed by atoms with E-state index in [0.29, 0.717) is 50.7 Å². The third-order valence-electron chi connectivity index (χ3n) is 5.22. The summed E-state index contributed by atoms with van der Waals surface area (Å²) in [6.45, 7) is 6.22. The highest BCUT2D eigenvalue weighted by molar-refractivity contribution is 6.02. The Bertz CT molecular complexity index is 1110. The molecule has 2 amide bonds. The molecule has 184 valence electrons. The molecular weight excluding hydrogens is 446 g/mol. The Kier molecular flexibility index (Phi) is 9.49. The molecule has 3 rings (SSSR count). The molecule has 0 aliphatic carbocycles. The zero-order chi connectivity index (χ0) is 25.0. The van der Waals surface area contributed by atoms with Crippen molar-refractivity contribution in [3.8, 4) is 11.4 Å². The number of carbonyl (C=O) groups excluding carboxylic acids is 2. The fourth-order valence-corrected chi connectivity index (χ4v) is 3.20. The molecule has 2 heterocycles. The van der Waals surface area contributed by atoms with Crippen LogP contribution in [-0.4, -0.2) is 76.1 Å². The Labute approximate surface area is 205 Å². The number of carbonyl (C=O) groups is 2. The monoisotopic (exact) mass is 477 g/mol. The number of hydrazone groups is 1. The van der Waals surface area contributed by atoms with E-state index in [1.807, 2.05) is 30.3 Å². The lowest BCUT2D eigenvalue weighted by atomic mass is 10.2. The predicted molar refractivity (Wildman–Crippen MR) is 135 cm³/mol. The topological polar surface area (TPSA) is 105 Å². The number of aromatic nitrogens is 3. The smallest absolute Gasteiger partial charge is 0.273 e. The van der Waals surface area contributed by atoms with E-state index < -0.39 is 5.91 Å². The second-order valence-electron chi connectivity index (χ2n) is 7.83. The van der Waals surface area contributed by atoms with Crippen LogP contribution in [0.15, 0.2) is 72.2 Å². The lowest BCUT2D eigenvalue weighted by Gasteiger charge is -2.26. The summed E-state index contributed by atoms with van der Waals surface area (Å²) in [4.78, 5) is 31.1. The molecule has 0 spiro atoms. The number of nitrogens with one attached hydrogen (secondary N) is 1. The van der Waals surface area contributed by atoms with E-state index in [1.54, 1.807) is 54.4 Å². The molecule has 0 atom stereocenters. The zero-order valence-corrected chi connectivity index (χ0v) is 20.1. The summed E-state index contributed by atoms with van der Waals surface area (Å²) < 4.78 is 6.88. The molecule has 0 radical (unpaired) electrons. The zero-order valence-electron chi connectivity index (χ0n) is 20.1. The van der Waals surface area contributed by atoms with Crippen molar-refractivity contribution in [1.29, 1.82) is 0 Å². The highest BCUT2D eigenvalue weighted by Gasteiger charge is 2.16. The molecule has 1 saturated heterocycles. The third kappa shape index (κ3) is 8.04. The summed E-state index contributed by atoms with van der Waals surface area (Å²) in [5.41, 5.74) is 1.55. The molecule has 10 heteroatoms. The number of ether oxygens (including phenoxy) is 1. The van der Waals surface area contributed by atoms with E-state index in [9.17, 15) is 9.59 Å². The minimum absolute atomic E-state index is 0.0731. The Morgan fingerprint density at radius 3 is 2.69 bits per heavy atom. The average Bonchev–Trinajstić information content (AvgIpc) is 2.97. The van der Waals surface area contributed by atoms with E-state index in [2.05, 4.69) is 27.1 Å². The minimum Gasteiger partial charge on any atom is -0.378 e. The van der Waals surface area contributed by atoms with Crippen molar-refractivity contribution in [3.05, 3.63) is 67.1 Å². The van der Waals surface area contributed by atoms with Gasteiger partial charge in [0.05, 0.1) is 13.2 Å². The Morgan fingerprint density at radius 1 is 1.20 bits per heavy atom. The molecule has 1 aliphatic rings. The number of hydrogen-bond donors (Lipinski definition) is 1. The van der Waals surface area contributed by atoms with Crippen molar-refractivity contribution in [2.75, 3.05) is 38.7 Å². The van der Waals surface area contributed by atoms with Crippen molar-refractivity contribution in [1.82, 2.24) is 24.7 Å². The summed E-state index contributed by atoms with van der Waals surface area (Å²) in [6.07, 6.45) is 5.74. The summed E-state index contributed by atoms with van der Waals surface area (Å²) in [6, 6.07) is 13.0. The van der Waals surface area contributed by atoms with Gasteiger partial charge in [0.2, 0.25) is 5.91 Å². The largest absolute Gasteiger partial charge is 0.378 e. The van der Waals surface area contributed by atoms with Crippen LogP contribution in [0, 0.1) is 0 Å². The maximum atomic E-state index is 12.7. The second-order valence-corrected chi connectivity index (χ2v) is 7.83. The quantitative estimate of drug-likeness (QED) is 0.356. The number of amides is 2. The summed E-state index contributed by atoms with van der Waals surface area (Å²) in [5, 5.41) is 12.9. The lowest BCUT2D eigenvalue weighted by Crippen LogP contribution is -2.40. The predicted octanol–water partition coefficient (Wildman–Crippen LogP) is 2.62. The number of morpholine rings is 1. The fourth-order valence-electron chi connectivity index (χ4n) is 3.20. The van der Waals surface area contributed by atoms with Crippen LogP contribution in [0.25, 0.3) is 11.4 Å². The molecule has 0 saturated carbocycles. The van der Waals surface area contributed by atoms with Crippen molar-refractivity contribution in [2.45, 2.75) is 12.8 Å². The molecular formula is C25H31N7O3. The van der Waals surface area contributed by atoms with Gasteiger partial charge in [-0.3, -0.25) is 19.3 Å². The fraction of sp³-hybridized carbons (Fsp3) is 0.320. The standard InChI is InChI=1S/C25H31N7O3/c1-20(31(3)27-13-7-10-23(33)32-16-18-35-19-17-32)25(34)28-22-11-14-26-24(29-30(2)15-12-22)21-8-5-4-6-9-21/h4-6,8-9,11-15H,1,7,10,16-19H2,2-3H3,(H,28,34)/b15-12?,22-11?,26-14?,27-13-,29-24?. The summed E-state index contributed by atoms with van der Waals surface area (Å²) in [5.74, 6) is 0.209. The lowest BCUT2D eigenvalue weighted by molar-refractivity contribution is -0.135. The van der Waals surface area contributed by atoms with Gasteiger partial charge in [0.25, 0.3) is 5.91 Å². The summed E-state index contributed by atoms with van der Waals surface area (Å²) >= 11 is 0. The van der Waals surface area contributed by atoms with Crippen LogP contribution in [0.5, 0.6) is 0 Å². The van der Waals surface area contributed by atoms with Gasteiger partial charge in [0.15, 0.2) is 5.82 Å². The Balaban J connectivity index is 1.57. The molecule has 35 heavy (non-hydrogen) atoms. The highest BCUT2D eigenvalue weighted by atomic mass is 16.5. The van der Waals surface area contributed by atoms with E-state index in [0.717, 1.165) is 5.56 Å². The van der Waals surface area contributed by atoms with Gasteiger partial charge < -0.3 is 15.0 Å². The SMILES string of the molecule is C=C(C(=O)Nc1ccnc(-c2ccccc2)nn(C)cc1)N(C)/N=C\CCC(=O)N1CCOCC1. The maximum Gasteiger partial charge on any atom is 0.273 e. The molecule has 1 aromatic heterocycles. The number of rotatable bonds is 8. The van der Waals surface area contributed by atoms with Crippen LogP contribution < -0.4 is 5.32 Å². The first-order valence-electron chi connectivity index (χ1n) is 11.4. The number of likely N-dealkylation sites (N-methyl/N-ethyl adjacent to an activating group) is 1. The van der Waals surface area contributed by atoms with Crippen LogP contribution in [0.3, 0.4) is 0 Å². The van der Waals surface area contributed by atoms with Gasteiger partial charge in [-0.25, -0.2) is 4.98 Å². The van der Waals surface area contributed by atoms with E-state index >= 15 is 0 Å². The second kappa shape index (κ2) is 13.0. The van der Waals surface area contributed by atoms with E-state index in [-0.39, 0.29) is 11.6 Å². The molecule has 1 aromatic carbocycles. The first-order valence-corrected chi connectivity index (χ1v) is 11.4. The highest BCUT2D eigenvalue weighted by Crippen LogP contribution is 2.12. The van der Waals surface area contributed by atoms with Gasteiger partial charge in [0, 0.05) is 63.5 Å². The van der Waals surface area contributed by atoms with Crippen molar-refractivity contribution >= 4 is 23.7 Å². The number of anilines is 1. The van der Waals surface area contributed by atoms with Gasteiger partial charge in [-0.05, 0) is 18.6 Å². The first-order chi connectivity index (χ1) is 16.9. The number of nitrogens with zero attached hydrogens (tertiary/aromatic N) is 6. The Hall–Kier alpha value is -4.05. The number of benzene rings is 1. The van der Waals surface area contributed by atoms with Gasteiger partial charge in [-0.1, -0.05) is 36.9 Å². The number of aryl methyl sites for hydroxylation is 1. The molecule has 1 aliphatic heterocycles. The van der Waals surface area contributed by atoms with Crippen LogP contribution in [-0.2, 0) is 21.4 Å². The molecule has 1 fully saturated rings.